The first kappa shape index (κ1) is 14.0. The van der Waals surface area contributed by atoms with E-state index in [0.29, 0.717) is 5.88 Å². The lowest BCUT2D eigenvalue weighted by molar-refractivity contribution is -0.137. The molecule has 0 rings (SSSR count). The van der Waals surface area contributed by atoms with Crippen LogP contribution in [0.2, 0.25) is 0 Å². The monoisotopic (exact) mass is 193 g/mol. The molecule has 0 atom stereocenters. The van der Waals surface area contributed by atoms with Crippen LogP contribution in [0.25, 0.3) is 0 Å². The van der Waals surface area contributed by atoms with Crippen molar-refractivity contribution < 1.29 is 9.53 Å². The molecule has 4 heteroatoms. The van der Waals surface area contributed by atoms with Crippen molar-refractivity contribution in [2.75, 3.05) is 33.6 Å². The Bertz CT molecular complexity index is 123. The van der Waals surface area contributed by atoms with Crippen LogP contribution in [0.15, 0.2) is 12.7 Å². The summed E-state index contributed by atoms with van der Waals surface area (Å²) < 4.78 is 4.45. The van der Waals surface area contributed by atoms with Crippen molar-refractivity contribution in [1.82, 2.24) is 4.90 Å². The van der Waals surface area contributed by atoms with Gasteiger partial charge in [0.15, 0.2) is 0 Å². The maximum atomic E-state index is 10.2. The second-order valence-electron chi connectivity index (χ2n) is 2.40. The first-order chi connectivity index (χ1) is 5.54. The maximum absolute atomic E-state index is 10.2. The lowest BCUT2D eigenvalue weighted by atomic mass is 10.6. The van der Waals surface area contributed by atoms with Crippen molar-refractivity contribution in [1.29, 1.82) is 0 Å². The van der Waals surface area contributed by atoms with E-state index in [1.54, 1.807) is 0 Å². The standard InChI is InChI=1S/C5H7ClO2.C3H9N/c1-2-5(7)8-4-3-6;1-4(2)3/h2H,1,3-4H2;1-3H3. The van der Waals surface area contributed by atoms with Crippen molar-refractivity contribution in [3.63, 3.8) is 0 Å². The van der Waals surface area contributed by atoms with E-state index in [2.05, 4.69) is 11.3 Å². The van der Waals surface area contributed by atoms with Gasteiger partial charge in [0.1, 0.15) is 6.61 Å². The van der Waals surface area contributed by atoms with E-state index in [1.807, 2.05) is 26.0 Å². The minimum atomic E-state index is -0.425. The molecule has 12 heavy (non-hydrogen) atoms. The van der Waals surface area contributed by atoms with Crippen LogP contribution in [0.3, 0.4) is 0 Å². The van der Waals surface area contributed by atoms with Gasteiger partial charge in [0.2, 0.25) is 0 Å². The van der Waals surface area contributed by atoms with E-state index < -0.39 is 5.97 Å². The summed E-state index contributed by atoms with van der Waals surface area (Å²) in [5, 5.41) is 0. The number of carbonyl (C=O) groups is 1. The predicted molar refractivity (Wildman–Crippen MR) is 51.5 cm³/mol. The summed E-state index contributed by atoms with van der Waals surface area (Å²) in [6, 6.07) is 0. The molecule has 0 unspecified atom stereocenters. The number of carbonyl (C=O) groups excluding carboxylic acids is 1. The Balaban J connectivity index is 0. The van der Waals surface area contributed by atoms with Gasteiger partial charge >= 0.3 is 5.97 Å². The molecule has 0 amide bonds. The molecular formula is C8H16ClNO2. The Morgan fingerprint density at radius 1 is 1.58 bits per heavy atom. The number of ether oxygens (including phenoxy) is 1. The van der Waals surface area contributed by atoms with Gasteiger partial charge < -0.3 is 9.64 Å². The lowest BCUT2D eigenvalue weighted by Gasteiger charge is -1.93. The molecule has 0 saturated heterocycles. The van der Waals surface area contributed by atoms with Gasteiger partial charge in [-0.1, -0.05) is 6.58 Å². The molecule has 0 spiro atoms. The minimum Gasteiger partial charge on any atom is -0.461 e. The number of halogens is 1. The molecule has 0 fully saturated rings. The van der Waals surface area contributed by atoms with Gasteiger partial charge in [-0.25, -0.2) is 4.79 Å². The fraction of sp³-hybridized carbons (Fsp3) is 0.625. The Hall–Kier alpha value is -0.540. The van der Waals surface area contributed by atoms with Gasteiger partial charge in [0.05, 0.1) is 5.88 Å². The van der Waals surface area contributed by atoms with Gasteiger partial charge in [-0.05, 0) is 21.1 Å². The average molecular weight is 194 g/mol. The van der Waals surface area contributed by atoms with Crippen LogP contribution in [0.4, 0.5) is 0 Å². The molecule has 0 saturated carbocycles. The molecule has 0 aromatic carbocycles. The molecule has 0 radical (unpaired) electrons. The van der Waals surface area contributed by atoms with E-state index in [1.165, 1.54) is 0 Å². The molecule has 0 heterocycles. The number of hydrogen-bond acceptors (Lipinski definition) is 3. The van der Waals surface area contributed by atoms with Crippen molar-refractivity contribution in [2.24, 2.45) is 0 Å². The molecule has 0 aliphatic carbocycles. The van der Waals surface area contributed by atoms with Crippen LogP contribution in [0.5, 0.6) is 0 Å². The SMILES string of the molecule is C=CC(=O)OCCCl.CN(C)C. The molecule has 0 aromatic heterocycles. The highest BCUT2D eigenvalue weighted by molar-refractivity contribution is 6.18. The second kappa shape index (κ2) is 10.5. The van der Waals surface area contributed by atoms with Gasteiger partial charge in [0.25, 0.3) is 0 Å². The van der Waals surface area contributed by atoms with Crippen LogP contribution >= 0.6 is 11.6 Å². The van der Waals surface area contributed by atoms with E-state index in [9.17, 15) is 4.79 Å². The van der Waals surface area contributed by atoms with E-state index in [-0.39, 0.29) is 6.61 Å². The summed E-state index contributed by atoms with van der Waals surface area (Å²) in [6.45, 7) is 3.45. The van der Waals surface area contributed by atoms with Gasteiger partial charge in [-0.15, -0.1) is 11.6 Å². The minimum absolute atomic E-state index is 0.256. The first-order valence-corrected chi connectivity index (χ1v) is 4.04. The summed E-state index contributed by atoms with van der Waals surface area (Å²) >= 11 is 5.19. The third-order valence-electron chi connectivity index (χ3n) is 0.488. The smallest absolute Gasteiger partial charge is 0.330 e. The zero-order valence-corrected chi connectivity index (χ0v) is 8.60. The normalized spacial score (nSPS) is 8.42. The highest BCUT2D eigenvalue weighted by Gasteiger charge is 1.90. The Morgan fingerprint density at radius 2 is 2.00 bits per heavy atom. The van der Waals surface area contributed by atoms with E-state index in [0.717, 1.165) is 6.08 Å². The Morgan fingerprint density at radius 3 is 2.25 bits per heavy atom. The summed E-state index contributed by atoms with van der Waals surface area (Å²) in [4.78, 5) is 12.2. The Kier molecular flexibility index (Phi) is 12.2. The third kappa shape index (κ3) is 22.7. The van der Waals surface area contributed by atoms with Gasteiger partial charge in [-0.2, -0.15) is 0 Å². The number of alkyl halides is 1. The summed E-state index contributed by atoms with van der Waals surface area (Å²) in [6.07, 6.45) is 1.10. The molecule has 0 aliphatic rings. The molecule has 3 nitrogen and oxygen atoms in total. The van der Waals surface area contributed by atoms with Crippen LogP contribution in [0.1, 0.15) is 0 Å². The highest BCUT2D eigenvalue weighted by Crippen LogP contribution is 1.80. The fourth-order valence-corrected chi connectivity index (χ4v) is 0.275. The number of nitrogens with zero attached hydrogens (tertiary/aromatic N) is 1. The van der Waals surface area contributed by atoms with Crippen LogP contribution in [0, 0.1) is 0 Å². The zero-order valence-electron chi connectivity index (χ0n) is 7.84. The average Bonchev–Trinajstić information content (AvgIpc) is 1.99. The maximum Gasteiger partial charge on any atom is 0.330 e. The summed E-state index contributed by atoms with van der Waals surface area (Å²) in [5.41, 5.74) is 0. The molecule has 0 bridgehead atoms. The van der Waals surface area contributed by atoms with Gasteiger partial charge in [-0.3, -0.25) is 0 Å². The molecule has 0 aliphatic heterocycles. The summed E-state index contributed by atoms with van der Waals surface area (Å²) in [5.74, 6) is -0.0924. The highest BCUT2D eigenvalue weighted by atomic mass is 35.5. The van der Waals surface area contributed by atoms with E-state index >= 15 is 0 Å². The number of esters is 1. The lowest BCUT2D eigenvalue weighted by Crippen LogP contribution is -2.01. The first-order valence-electron chi connectivity index (χ1n) is 3.50. The van der Waals surface area contributed by atoms with Crippen molar-refractivity contribution in [3.05, 3.63) is 12.7 Å². The molecule has 0 N–H and O–H groups in total. The molecule has 0 aromatic rings. The molecule has 72 valence electrons. The molecular weight excluding hydrogens is 178 g/mol. The van der Waals surface area contributed by atoms with Crippen molar-refractivity contribution >= 4 is 17.6 Å². The van der Waals surface area contributed by atoms with Crippen molar-refractivity contribution in [2.45, 2.75) is 0 Å². The number of hydrogen-bond donors (Lipinski definition) is 0. The summed E-state index contributed by atoms with van der Waals surface area (Å²) in [7, 11) is 6.00. The Labute approximate surface area is 78.9 Å². The quantitative estimate of drug-likeness (QED) is 0.383. The van der Waals surface area contributed by atoms with E-state index in [4.69, 9.17) is 11.6 Å². The van der Waals surface area contributed by atoms with Gasteiger partial charge in [0, 0.05) is 6.08 Å². The van der Waals surface area contributed by atoms with Crippen LogP contribution < -0.4 is 0 Å². The largest absolute Gasteiger partial charge is 0.461 e. The predicted octanol–water partition coefficient (Wildman–Crippen LogP) is 1.13. The van der Waals surface area contributed by atoms with Crippen LogP contribution in [-0.4, -0.2) is 44.5 Å². The van der Waals surface area contributed by atoms with Crippen molar-refractivity contribution in [3.8, 4) is 0 Å². The third-order valence-corrected chi connectivity index (χ3v) is 0.642. The fourth-order valence-electron chi connectivity index (χ4n) is 0.198. The van der Waals surface area contributed by atoms with Crippen LogP contribution in [-0.2, 0) is 9.53 Å². The second-order valence-corrected chi connectivity index (χ2v) is 2.78. The topological polar surface area (TPSA) is 29.5 Å². The number of rotatable bonds is 3. The zero-order chi connectivity index (χ0) is 9.98.